The number of rotatable bonds is 3. The van der Waals surface area contributed by atoms with Crippen molar-refractivity contribution in [1.29, 1.82) is 0 Å². The molecule has 0 radical (unpaired) electrons. The Bertz CT molecular complexity index is 868. The molecule has 3 fully saturated rings. The molecule has 0 amide bonds. The summed E-state index contributed by atoms with van der Waals surface area (Å²) in [5.74, 6) is -1.02. The second-order valence-electron chi connectivity index (χ2n) is 12.1. The number of aliphatic hydroxyl groups is 2. The van der Waals surface area contributed by atoms with Gasteiger partial charge in [0.25, 0.3) is 0 Å². The summed E-state index contributed by atoms with van der Waals surface area (Å²) in [6.07, 6.45) is 6.16. The molecule has 3 saturated carbocycles. The predicted octanol–water partition coefficient (Wildman–Crippen LogP) is 3.38. The van der Waals surface area contributed by atoms with Crippen LogP contribution in [0.5, 0.6) is 0 Å². The Kier molecular flexibility index (Phi) is 5.53. The Hall–Kier alpha value is -1.53. The fraction of sp³-hybridized carbons (Fsp3) is 0.808. The molecule has 6 heteroatoms. The molecule has 0 aromatic carbocycles. The van der Waals surface area contributed by atoms with Crippen molar-refractivity contribution in [3.8, 4) is 0 Å². The first-order valence-corrected chi connectivity index (χ1v) is 12.1. The van der Waals surface area contributed by atoms with Gasteiger partial charge in [-0.15, -0.1) is 0 Å². The van der Waals surface area contributed by atoms with Gasteiger partial charge in [0, 0.05) is 23.2 Å². The van der Waals surface area contributed by atoms with Crippen LogP contribution in [0.4, 0.5) is 0 Å². The molecule has 32 heavy (non-hydrogen) atoms. The number of hydrogen-bond acceptors (Lipinski definition) is 6. The second kappa shape index (κ2) is 7.49. The minimum Gasteiger partial charge on any atom is -0.461 e. The quantitative estimate of drug-likeness (QED) is 0.509. The third kappa shape index (κ3) is 3.08. The maximum Gasteiger partial charge on any atom is 0.311 e. The van der Waals surface area contributed by atoms with Gasteiger partial charge < -0.3 is 14.9 Å². The lowest BCUT2D eigenvalue weighted by molar-refractivity contribution is -0.184. The van der Waals surface area contributed by atoms with Gasteiger partial charge >= 0.3 is 5.97 Å². The molecule has 0 aliphatic heterocycles. The summed E-state index contributed by atoms with van der Waals surface area (Å²) >= 11 is 0. The minimum absolute atomic E-state index is 0.0185. The number of fused-ring (bicyclic) bond motifs is 5. The van der Waals surface area contributed by atoms with Gasteiger partial charge in [0.05, 0.1) is 5.41 Å². The first kappa shape index (κ1) is 23.6. The molecular weight excluding hydrogens is 408 g/mol. The number of carbonyl (C=O) groups excluding carboxylic acids is 3. The van der Waals surface area contributed by atoms with E-state index in [1.54, 1.807) is 0 Å². The number of ketones is 2. The van der Waals surface area contributed by atoms with E-state index >= 15 is 0 Å². The van der Waals surface area contributed by atoms with Crippen molar-refractivity contribution in [3.63, 3.8) is 0 Å². The molecule has 1 unspecified atom stereocenters. The van der Waals surface area contributed by atoms with Crippen LogP contribution in [0.15, 0.2) is 11.6 Å². The van der Waals surface area contributed by atoms with E-state index < -0.39 is 34.2 Å². The molecule has 0 saturated heterocycles. The summed E-state index contributed by atoms with van der Waals surface area (Å²) in [5.41, 5.74) is -2.48. The highest BCUT2D eigenvalue weighted by molar-refractivity contribution is 5.92. The molecule has 4 aliphatic carbocycles. The number of ether oxygens (including phenoxy) is 1. The zero-order valence-electron chi connectivity index (χ0n) is 20.1. The highest BCUT2D eigenvalue weighted by Crippen LogP contribution is 2.67. The summed E-state index contributed by atoms with van der Waals surface area (Å²) in [7, 11) is 0. The predicted molar refractivity (Wildman–Crippen MR) is 118 cm³/mol. The summed E-state index contributed by atoms with van der Waals surface area (Å²) < 4.78 is 6.09. The molecule has 0 spiro atoms. The second-order valence-corrected chi connectivity index (χ2v) is 12.1. The third-order valence-electron chi connectivity index (χ3n) is 9.45. The molecule has 2 N–H and O–H groups in total. The van der Waals surface area contributed by atoms with Crippen LogP contribution in [0.1, 0.15) is 79.6 Å². The van der Waals surface area contributed by atoms with E-state index in [9.17, 15) is 24.6 Å². The van der Waals surface area contributed by atoms with Gasteiger partial charge in [-0.05, 0) is 71.1 Å². The third-order valence-corrected chi connectivity index (χ3v) is 9.45. The summed E-state index contributed by atoms with van der Waals surface area (Å²) in [4.78, 5) is 39.2. The Morgan fingerprint density at radius 2 is 1.88 bits per heavy atom. The normalized spacial score (nSPS) is 43.6. The largest absolute Gasteiger partial charge is 0.461 e. The first-order chi connectivity index (χ1) is 14.8. The molecule has 0 bridgehead atoms. The summed E-state index contributed by atoms with van der Waals surface area (Å²) in [6, 6.07) is 0. The Morgan fingerprint density at radius 1 is 1.19 bits per heavy atom. The van der Waals surface area contributed by atoms with Gasteiger partial charge in [0.2, 0.25) is 0 Å². The maximum absolute atomic E-state index is 13.8. The molecule has 4 aliphatic rings. The van der Waals surface area contributed by atoms with Crippen LogP contribution in [0, 0.1) is 34.0 Å². The maximum atomic E-state index is 13.8. The van der Waals surface area contributed by atoms with E-state index in [1.165, 1.54) is 5.57 Å². The van der Waals surface area contributed by atoms with E-state index in [4.69, 9.17) is 4.74 Å². The van der Waals surface area contributed by atoms with Crippen molar-refractivity contribution in [1.82, 2.24) is 0 Å². The monoisotopic (exact) mass is 446 g/mol. The zero-order valence-corrected chi connectivity index (χ0v) is 20.1. The van der Waals surface area contributed by atoms with Crippen LogP contribution in [-0.2, 0) is 19.1 Å². The first-order valence-electron chi connectivity index (χ1n) is 12.1. The number of Topliss-reactive ketones (excluding diaryl/α,β-unsaturated/α-hetero) is 2. The molecule has 6 nitrogen and oxygen atoms in total. The Balaban J connectivity index is 1.72. The van der Waals surface area contributed by atoms with Crippen molar-refractivity contribution in [2.45, 2.75) is 91.3 Å². The number of esters is 1. The van der Waals surface area contributed by atoms with Gasteiger partial charge in [-0.3, -0.25) is 14.4 Å². The van der Waals surface area contributed by atoms with Gasteiger partial charge in [-0.25, -0.2) is 0 Å². The zero-order chi connectivity index (χ0) is 23.7. The highest BCUT2D eigenvalue weighted by Gasteiger charge is 2.69. The standard InChI is InChI=1S/C26H38O6/c1-23(2,3)22(30)32-20-8-6-7-15-9-10-16-17-11-12-26(31,19(29)14-27)24(17,4)13-18(28)21(16)25(15,20)5/h7,16-17,20-21,27,31H,6,8-14H2,1-5H3/t16-,17-,20?,21+,24-,25+,26-/m0/s1. The van der Waals surface area contributed by atoms with Crippen molar-refractivity contribution in [2.75, 3.05) is 6.61 Å². The molecule has 0 aromatic rings. The van der Waals surface area contributed by atoms with Crippen LogP contribution in [0.2, 0.25) is 0 Å². The molecule has 0 aromatic heterocycles. The van der Waals surface area contributed by atoms with E-state index in [-0.39, 0.29) is 48.5 Å². The Morgan fingerprint density at radius 3 is 2.50 bits per heavy atom. The van der Waals surface area contributed by atoms with E-state index in [0.717, 1.165) is 19.3 Å². The van der Waals surface area contributed by atoms with Crippen molar-refractivity contribution in [2.24, 2.45) is 34.0 Å². The van der Waals surface area contributed by atoms with Gasteiger partial charge in [0.15, 0.2) is 5.78 Å². The summed E-state index contributed by atoms with van der Waals surface area (Å²) in [6.45, 7) is 8.77. The topological polar surface area (TPSA) is 101 Å². The van der Waals surface area contributed by atoms with E-state index in [2.05, 4.69) is 13.0 Å². The van der Waals surface area contributed by atoms with Gasteiger partial charge in [-0.1, -0.05) is 25.5 Å². The lowest BCUT2D eigenvalue weighted by Crippen LogP contribution is -2.62. The number of aliphatic hydroxyl groups excluding tert-OH is 1. The van der Waals surface area contributed by atoms with Crippen molar-refractivity contribution >= 4 is 17.5 Å². The van der Waals surface area contributed by atoms with Crippen LogP contribution in [-0.4, -0.2) is 46.1 Å². The SMILES string of the molecule is CC(C)(C)C(=O)OC1CCC=C2CC[C@H]3[C@@H]4CC[C@](O)(C(=O)CO)[C@@]4(C)CC(=O)[C@@H]3[C@]21C. The van der Waals surface area contributed by atoms with E-state index in [1.807, 2.05) is 27.7 Å². The van der Waals surface area contributed by atoms with Crippen LogP contribution in [0.25, 0.3) is 0 Å². The van der Waals surface area contributed by atoms with Crippen LogP contribution in [0.3, 0.4) is 0 Å². The molecule has 178 valence electrons. The van der Waals surface area contributed by atoms with Crippen LogP contribution < -0.4 is 0 Å². The lowest BCUT2D eigenvalue weighted by Gasteiger charge is -2.59. The average molecular weight is 447 g/mol. The fourth-order valence-corrected chi connectivity index (χ4v) is 7.63. The Labute approximate surface area is 190 Å². The van der Waals surface area contributed by atoms with E-state index in [0.29, 0.717) is 12.8 Å². The average Bonchev–Trinajstić information content (AvgIpc) is 2.98. The van der Waals surface area contributed by atoms with Gasteiger partial charge in [-0.2, -0.15) is 0 Å². The fourth-order valence-electron chi connectivity index (χ4n) is 7.63. The molecule has 7 atom stereocenters. The molecule has 4 rings (SSSR count). The number of allylic oxidation sites excluding steroid dienone is 1. The molecular formula is C26H38O6. The summed E-state index contributed by atoms with van der Waals surface area (Å²) in [5, 5.41) is 20.8. The number of carbonyl (C=O) groups is 3. The smallest absolute Gasteiger partial charge is 0.311 e. The minimum atomic E-state index is -1.66. The van der Waals surface area contributed by atoms with Crippen molar-refractivity contribution < 1.29 is 29.3 Å². The number of hydrogen-bond donors (Lipinski definition) is 2. The highest BCUT2D eigenvalue weighted by atomic mass is 16.5. The van der Waals surface area contributed by atoms with Gasteiger partial charge in [0.1, 0.15) is 24.1 Å². The van der Waals surface area contributed by atoms with Crippen molar-refractivity contribution in [3.05, 3.63) is 11.6 Å². The molecule has 0 heterocycles. The lowest BCUT2D eigenvalue weighted by atomic mass is 9.45. The van der Waals surface area contributed by atoms with Crippen LogP contribution >= 0.6 is 0 Å².